The van der Waals surface area contributed by atoms with Crippen molar-refractivity contribution in [3.8, 4) is 0 Å². The number of rotatable bonds is 5. The average molecular weight is 301 g/mol. The maximum atomic E-state index is 6.22. The van der Waals surface area contributed by atoms with Gasteiger partial charge in [-0.2, -0.15) is 4.98 Å². The molecular weight excluding hydrogens is 284 g/mol. The van der Waals surface area contributed by atoms with Gasteiger partial charge in [0.15, 0.2) is 5.82 Å². The minimum absolute atomic E-state index is 0.163. The lowest BCUT2D eigenvalue weighted by Gasteiger charge is -2.01. The Labute approximate surface area is 128 Å². The summed E-state index contributed by atoms with van der Waals surface area (Å²) in [6.07, 6.45) is 2.49. The van der Waals surface area contributed by atoms with E-state index in [1.54, 1.807) is 0 Å². The molecule has 108 valence electrons. The van der Waals surface area contributed by atoms with Gasteiger partial charge in [0, 0.05) is 0 Å². The number of hydrogen-bond donors (Lipinski definition) is 0. The molecule has 3 rings (SSSR count). The zero-order valence-corrected chi connectivity index (χ0v) is 12.7. The second kappa shape index (κ2) is 6.27. The maximum Gasteiger partial charge on any atom is 0.231 e. The van der Waals surface area contributed by atoms with Gasteiger partial charge in [0.2, 0.25) is 5.89 Å². The van der Waals surface area contributed by atoms with Crippen LogP contribution in [0, 0.1) is 0 Å². The van der Waals surface area contributed by atoms with Crippen LogP contribution in [0.15, 0.2) is 47.0 Å². The predicted octanol–water partition coefficient (Wildman–Crippen LogP) is 4.89. The topological polar surface area (TPSA) is 38.9 Å². The van der Waals surface area contributed by atoms with Crippen LogP contribution in [-0.4, -0.2) is 10.1 Å². The molecule has 0 aliphatic carbocycles. The third-order valence-electron chi connectivity index (χ3n) is 3.48. The Morgan fingerprint density at radius 3 is 2.76 bits per heavy atom. The molecule has 1 aromatic heterocycles. The van der Waals surface area contributed by atoms with E-state index in [0.717, 1.165) is 18.4 Å². The van der Waals surface area contributed by atoms with Crippen molar-refractivity contribution in [3.05, 3.63) is 59.7 Å². The fourth-order valence-electron chi connectivity index (χ4n) is 2.37. The number of halogens is 1. The minimum Gasteiger partial charge on any atom is -0.339 e. The first-order valence-electron chi connectivity index (χ1n) is 7.20. The monoisotopic (exact) mass is 300 g/mol. The van der Waals surface area contributed by atoms with E-state index in [9.17, 15) is 0 Å². The third-order valence-corrected chi connectivity index (χ3v) is 3.89. The highest BCUT2D eigenvalue weighted by atomic mass is 35.5. The highest BCUT2D eigenvalue weighted by Crippen LogP contribution is 2.23. The smallest absolute Gasteiger partial charge is 0.231 e. The molecule has 21 heavy (non-hydrogen) atoms. The van der Waals surface area contributed by atoms with Gasteiger partial charge in [0.1, 0.15) is 0 Å². The van der Waals surface area contributed by atoms with Gasteiger partial charge in [-0.15, -0.1) is 11.6 Å². The second-order valence-corrected chi connectivity index (χ2v) is 5.69. The van der Waals surface area contributed by atoms with Crippen LogP contribution in [0.5, 0.6) is 0 Å². The van der Waals surface area contributed by atoms with E-state index in [0.29, 0.717) is 18.1 Å². The molecule has 1 unspecified atom stereocenters. The Morgan fingerprint density at radius 1 is 1.14 bits per heavy atom. The van der Waals surface area contributed by atoms with E-state index in [2.05, 4.69) is 47.4 Å². The van der Waals surface area contributed by atoms with E-state index in [1.807, 2.05) is 12.1 Å². The highest BCUT2D eigenvalue weighted by molar-refractivity contribution is 6.20. The number of aromatic nitrogens is 2. The minimum atomic E-state index is -0.163. The van der Waals surface area contributed by atoms with Gasteiger partial charge < -0.3 is 4.52 Å². The number of alkyl halides is 1. The van der Waals surface area contributed by atoms with E-state index in [1.165, 1.54) is 10.8 Å². The molecule has 0 amide bonds. The molecule has 0 radical (unpaired) electrons. The van der Waals surface area contributed by atoms with Crippen LogP contribution in [0.2, 0.25) is 0 Å². The van der Waals surface area contributed by atoms with Crippen LogP contribution in [0.1, 0.15) is 42.4 Å². The van der Waals surface area contributed by atoms with Crippen molar-refractivity contribution >= 4 is 22.4 Å². The number of nitrogens with zero attached hydrogens (tertiary/aromatic N) is 2. The summed E-state index contributed by atoms with van der Waals surface area (Å²) in [6, 6.07) is 14.7. The summed E-state index contributed by atoms with van der Waals surface area (Å²) in [7, 11) is 0. The molecule has 2 aromatic carbocycles. The van der Waals surface area contributed by atoms with Crippen LogP contribution in [-0.2, 0) is 6.42 Å². The molecule has 3 nitrogen and oxygen atoms in total. The Morgan fingerprint density at radius 2 is 1.95 bits per heavy atom. The maximum absolute atomic E-state index is 6.22. The first kappa shape index (κ1) is 14.1. The summed E-state index contributed by atoms with van der Waals surface area (Å²) in [6.45, 7) is 2.09. The first-order chi connectivity index (χ1) is 10.3. The van der Waals surface area contributed by atoms with Crippen molar-refractivity contribution in [1.29, 1.82) is 0 Å². The Bertz CT molecular complexity index is 738. The van der Waals surface area contributed by atoms with Gasteiger partial charge in [0.05, 0.1) is 11.8 Å². The van der Waals surface area contributed by atoms with Crippen molar-refractivity contribution in [2.24, 2.45) is 0 Å². The molecule has 0 spiro atoms. The van der Waals surface area contributed by atoms with Gasteiger partial charge in [-0.25, -0.2) is 0 Å². The SMILES string of the molecule is CCCC(Cl)c1noc(Cc2ccc3ccccc3c2)n1. The second-order valence-electron chi connectivity index (χ2n) is 5.16. The van der Waals surface area contributed by atoms with E-state index >= 15 is 0 Å². The van der Waals surface area contributed by atoms with Gasteiger partial charge in [0.25, 0.3) is 0 Å². The van der Waals surface area contributed by atoms with E-state index in [-0.39, 0.29) is 5.38 Å². The standard InChI is InChI=1S/C17H17ClN2O/c1-2-5-15(18)17-19-16(21-20-17)11-12-8-9-13-6-3-4-7-14(13)10-12/h3-4,6-10,15H,2,5,11H2,1H3. The summed E-state index contributed by atoms with van der Waals surface area (Å²) in [5.41, 5.74) is 1.16. The molecule has 1 atom stereocenters. The molecule has 0 saturated carbocycles. The highest BCUT2D eigenvalue weighted by Gasteiger charge is 2.15. The Kier molecular flexibility index (Phi) is 4.20. The molecule has 1 heterocycles. The van der Waals surface area contributed by atoms with Gasteiger partial charge >= 0.3 is 0 Å². The van der Waals surface area contributed by atoms with Crippen LogP contribution < -0.4 is 0 Å². The Balaban J connectivity index is 1.78. The molecule has 0 aliphatic heterocycles. The van der Waals surface area contributed by atoms with E-state index in [4.69, 9.17) is 16.1 Å². The van der Waals surface area contributed by atoms with Crippen LogP contribution in [0.25, 0.3) is 10.8 Å². The molecule has 0 N–H and O–H groups in total. The summed E-state index contributed by atoms with van der Waals surface area (Å²) in [4.78, 5) is 4.39. The fourth-order valence-corrected chi connectivity index (χ4v) is 2.68. The van der Waals surface area contributed by atoms with Crippen molar-refractivity contribution in [1.82, 2.24) is 10.1 Å². The molecule has 0 fully saturated rings. The summed E-state index contributed by atoms with van der Waals surface area (Å²) < 4.78 is 5.30. The van der Waals surface area contributed by atoms with Crippen LogP contribution >= 0.6 is 11.6 Å². The average Bonchev–Trinajstić information content (AvgIpc) is 2.96. The molecule has 0 saturated heterocycles. The Hall–Kier alpha value is -1.87. The number of fused-ring (bicyclic) bond motifs is 1. The zero-order chi connectivity index (χ0) is 14.7. The van der Waals surface area contributed by atoms with Crippen LogP contribution in [0.4, 0.5) is 0 Å². The lowest BCUT2D eigenvalue weighted by molar-refractivity contribution is 0.378. The number of benzene rings is 2. The summed E-state index contributed by atoms with van der Waals surface area (Å²) in [5.74, 6) is 1.20. The zero-order valence-electron chi connectivity index (χ0n) is 11.9. The molecular formula is C17H17ClN2O. The van der Waals surface area contributed by atoms with Crippen molar-refractivity contribution in [3.63, 3.8) is 0 Å². The summed E-state index contributed by atoms with van der Waals surface area (Å²) >= 11 is 6.22. The van der Waals surface area contributed by atoms with Crippen molar-refractivity contribution in [2.45, 2.75) is 31.6 Å². The van der Waals surface area contributed by atoms with Gasteiger partial charge in [-0.3, -0.25) is 0 Å². The van der Waals surface area contributed by atoms with Crippen LogP contribution in [0.3, 0.4) is 0 Å². The third kappa shape index (κ3) is 3.24. The lowest BCUT2D eigenvalue weighted by Crippen LogP contribution is -1.94. The van der Waals surface area contributed by atoms with Crippen molar-refractivity contribution in [2.75, 3.05) is 0 Å². The van der Waals surface area contributed by atoms with E-state index < -0.39 is 0 Å². The quantitative estimate of drug-likeness (QED) is 0.629. The predicted molar refractivity (Wildman–Crippen MR) is 84.6 cm³/mol. The van der Waals surface area contributed by atoms with Gasteiger partial charge in [-0.1, -0.05) is 61.0 Å². The number of hydrogen-bond acceptors (Lipinski definition) is 3. The lowest BCUT2D eigenvalue weighted by atomic mass is 10.1. The summed E-state index contributed by atoms with van der Waals surface area (Å²) in [5, 5.41) is 6.26. The largest absolute Gasteiger partial charge is 0.339 e. The molecule has 4 heteroatoms. The fraction of sp³-hybridized carbons (Fsp3) is 0.294. The van der Waals surface area contributed by atoms with Gasteiger partial charge in [-0.05, 0) is 22.8 Å². The molecule has 0 bridgehead atoms. The normalized spacial score (nSPS) is 12.7. The molecule has 0 aliphatic rings. The van der Waals surface area contributed by atoms with Crippen molar-refractivity contribution < 1.29 is 4.52 Å². The first-order valence-corrected chi connectivity index (χ1v) is 7.64. The molecule has 3 aromatic rings.